The normalized spacial score (nSPS) is 17.9. The van der Waals surface area contributed by atoms with Crippen molar-refractivity contribution in [2.45, 2.75) is 0 Å². The molecular formula is C20H21N3O3S. The van der Waals surface area contributed by atoms with Crippen LogP contribution in [-0.2, 0) is 9.59 Å². The van der Waals surface area contributed by atoms with Gasteiger partial charge < -0.3 is 14.5 Å². The fraction of sp³-hybridized carbons (Fsp3) is 0.300. The van der Waals surface area contributed by atoms with Crippen molar-refractivity contribution in [3.8, 4) is 5.75 Å². The van der Waals surface area contributed by atoms with Crippen LogP contribution in [0.2, 0.25) is 0 Å². The Morgan fingerprint density at radius 3 is 2.30 bits per heavy atom. The minimum atomic E-state index is -0.218. The molecule has 0 N–H and O–H groups in total. The van der Waals surface area contributed by atoms with E-state index in [0.29, 0.717) is 24.4 Å². The minimum Gasteiger partial charge on any atom is -0.495 e. The van der Waals surface area contributed by atoms with Crippen molar-refractivity contribution in [3.63, 3.8) is 0 Å². The third-order valence-electron chi connectivity index (χ3n) is 5.05. The van der Waals surface area contributed by atoms with Crippen molar-refractivity contribution in [1.82, 2.24) is 9.80 Å². The van der Waals surface area contributed by atoms with Crippen LogP contribution in [0, 0.1) is 0 Å². The maximum absolute atomic E-state index is 12.7. The highest BCUT2D eigenvalue weighted by Gasteiger charge is 2.40. The number of likely N-dealkylation sites (N-methyl/N-ethyl adjacent to an activating group) is 1. The number of benzene rings is 1. The molecule has 2 aliphatic heterocycles. The maximum atomic E-state index is 12.7. The molecule has 27 heavy (non-hydrogen) atoms. The van der Waals surface area contributed by atoms with Crippen LogP contribution in [0.1, 0.15) is 4.88 Å². The van der Waals surface area contributed by atoms with Crippen molar-refractivity contribution in [3.05, 3.63) is 52.4 Å². The first-order chi connectivity index (χ1) is 13.1. The quantitative estimate of drug-likeness (QED) is 0.759. The average molecular weight is 383 g/mol. The Kier molecular flexibility index (Phi) is 4.61. The van der Waals surface area contributed by atoms with E-state index in [1.165, 1.54) is 16.2 Å². The second kappa shape index (κ2) is 7.08. The summed E-state index contributed by atoms with van der Waals surface area (Å²) in [5.41, 5.74) is 2.12. The second-order valence-corrected chi connectivity index (χ2v) is 7.46. The van der Waals surface area contributed by atoms with E-state index in [4.69, 9.17) is 4.74 Å². The molecule has 0 aliphatic carbocycles. The van der Waals surface area contributed by atoms with Crippen molar-refractivity contribution < 1.29 is 14.3 Å². The molecule has 0 unspecified atom stereocenters. The molecule has 0 atom stereocenters. The lowest BCUT2D eigenvalue weighted by Gasteiger charge is -2.38. The third kappa shape index (κ3) is 2.98. The van der Waals surface area contributed by atoms with Gasteiger partial charge in [-0.3, -0.25) is 14.5 Å². The Labute approximate surface area is 162 Å². The highest BCUT2D eigenvalue weighted by atomic mass is 32.1. The molecular weight excluding hydrogens is 362 g/mol. The first-order valence-electron chi connectivity index (χ1n) is 8.85. The summed E-state index contributed by atoms with van der Waals surface area (Å²) in [6, 6.07) is 11.7. The number of amides is 2. The van der Waals surface area contributed by atoms with Crippen molar-refractivity contribution in [2.24, 2.45) is 0 Å². The fourth-order valence-electron chi connectivity index (χ4n) is 3.63. The van der Waals surface area contributed by atoms with E-state index in [1.807, 2.05) is 46.7 Å². The number of anilines is 1. The van der Waals surface area contributed by atoms with E-state index in [1.54, 1.807) is 14.2 Å². The summed E-state index contributed by atoms with van der Waals surface area (Å²) >= 11 is 1.49. The Hall–Kier alpha value is -2.80. The predicted molar refractivity (Wildman–Crippen MR) is 106 cm³/mol. The molecule has 140 valence electrons. The van der Waals surface area contributed by atoms with Crippen LogP contribution in [0.4, 0.5) is 5.69 Å². The van der Waals surface area contributed by atoms with Gasteiger partial charge in [0, 0.05) is 38.1 Å². The standard InChI is InChI=1S/C20H21N3O3S/c1-21-19(24)17(16-8-5-13-27-16)18(20(21)25)23-11-9-22(10-12-23)14-6-3-4-7-15(14)26-2/h3-8,13H,9-12H2,1-2H3. The van der Waals surface area contributed by atoms with Crippen molar-refractivity contribution >= 4 is 34.4 Å². The number of carbonyl (C=O) groups excluding carboxylic acids is 2. The summed E-state index contributed by atoms with van der Waals surface area (Å²) in [4.78, 5) is 31.8. The van der Waals surface area contributed by atoms with Gasteiger partial charge in [-0.2, -0.15) is 0 Å². The Bertz CT molecular complexity index is 899. The van der Waals surface area contributed by atoms with Gasteiger partial charge >= 0.3 is 0 Å². The number of para-hydroxylation sites is 2. The smallest absolute Gasteiger partial charge is 0.277 e. The largest absolute Gasteiger partial charge is 0.495 e. The molecule has 1 fully saturated rings. The number of carbonyl (C=O) groups is 2. The first-order valence-corrected chi connectivity index (χ1v) is 9.73. The highest BCUT2D eigenvalue weighted by molar-refractivity contribution is 7.11. The summed E-state index contributed by atoms with van der Waals surface area (Å²) in [7, 11) is 3.22. The van der Waals surface area contributed by atoms with Gasteiger partial charge in [-0.1, -0.05) is 18.2 Å². The van der Waals surface area contributed by atoms with Crippen LogP contribution < -0.4 is 9.64 Å². The summed E-state index contributed by atoms with van der Waals surface area (Å²) < 4.78 is 5.47. The predicted octanol–water partition coefficient (Wildman–Crippen LogP) is 2.29. The van der Waals surface area contributed by atoms with Crippen LogP contribution in [0.25, 0.3) is 5.57 Å². The number of nitrogens with zero attached hydrogens (tertiary/aromatic N) is 3. The molecule has 1 saturated heterocycles. The molecule has 3 heterocycles. The number of hydrogen-bond acceptors (Lipinski definition) is 6. The van der Waals surface area contributed by atoms with Crippen molar-refractivity contribution in [1.29, 1.82) is 0 Å². The lowest BCUT2D eigenvalue weighted by atomic mass is 10.1. The minimum absolute atomic E-state index is 0.214. The molecule has 0 bridgehead atoms. The van der Waals surface area contributed by atoms with Gasteiger partial charge in [0.2, 0.25) is 0 Å². The number of piperazine rings is 1. The van der Waals surface area contributed by atoms with Gasteiger partial charge in [0.25, 0.3) is 11.8 Å². The topological polar surface area (TPSA) is 53.1 Å². The molecule has 0 saturated carbocycles. The zero-order chi connectivity index (χ0) is 19.0. The molecule has 2 aromatic rings. The maximum Gasteiger partial charge on any atom is 0.277 e. The molecule has 2 aliphatic rings. The molecule has 0 radical (unpaired) electrons. The van der Waals surface area contributed by atoms with E-state index >= 15 is 0 Å². The number of hydrogen-bond donors (Lipinski definition) is 0. The van der Waals surface area contributed by atoms with Gasteiger partial charge in [0.15, 0.2) is 0 Å². The van der Waals surface area contributed by atoms with Crippen LogP contribution in [0.3, 0.4) is 0 Å². The van der Waals surface area contributed by atoms with Gasteiger partial charge in [-0.25, -0.2) is 0 Å². The van der Waals surface area contributed by atoms with Crippen LogP contribution >= 0.6 is 11.3 Å². The first kappa shape index (κ1) is 17.6. The zero-order valence-corrected chi connectivity index (χ0v) is 16.2. The van der Waals surface area contributed by atoms with Gasteiger partial charge in [0.05, 0.1) is 18.4 Å². The van der Waals surface area contributed by atoms with E-state index < -0.39 is 0 Å². The summed E-state index contributed by atoms with van der Waals surface area (Å²) in [5.74, 6) is 0.412. The van der Waals surface area contributed by atoms with Crippen LogP contribution in [0.15, 0.2) is 47.5 Å². The Balaban J connectivity index is 1.60. The number of rotatable bonds is 4. The fourth-order valence-corrected chi connectivity index (χ4v) is 4.39. The van der Waals surface area contributed by atoms with Crippen LogP contribution in [0.5, 0.6) is 5.75 Å². The summed E-state index contributed by atoms with van der Waals surface area (Å²) in [6.45, 7) is 2.86. The highest BCUT2D eigenvalue weighted by Crippen LogP contribution is 2.34. The monoisotopic (exact) mass is 383 g/mol. The van der Waals surface area contributed by atoms with Crippen molar-refractivity contribution in [2.75, 3.05) is 45.2 Å². The molecule has 6 nitrogen and oxygen atoms in total. The number of thiophene rings is 1. The van der Waals surface area contributed by atoms with E-state index in [2.05, 4.69) is 4.90 Å². The third-order valence-corrected chi connectivity index (χ3v) is 5.94. The van der Waals surface area contributed by atoms with Gasteiger partial charge in [-0.15, -0.1) is 11.3 Å². The summed E-state index contributed by atoms with van der Waals surface area (Å²) in [5, 5.41) is 1.93. The number of imide groups is 1. The SMILES string of the molecule is COc1ccccc1N1CCN(C2=C(c3cccs3)C(=O)N(C)C2=O)CC1. The lowest BCUT2D eigenvalue weighted by molar-refractivity contribution is -0.135. The van der Waals surface area contributed by atoms with E-state index in [9.17, 15) is 9.59 Å². The molecule has 1 aromatic carbocycles. The molecule has 4 rings (SSSR count). The number of ether oxygens (including phenoxy) is 1. The van der Waals surface area contributed by atoms with E-state index in [0.717, 1.165) is 29.4 Å². The molecule has 0 spiro atoms. The Morgan fingerprint density at radius 2 is 1.63 bits per heavy atom. The zero-order valence-electron chi connectivity index (χ0n) is 15.3. The number of methoxy groups -OCH3 is 1. The van der Waals surface area contributed by atoms with Gasteiger partial charge in [-0.05, 0) is 23.6 Å². The molecule has 2 amide bonds. The molecule has 1 aromatic heterocycles. The lowest BCUT2D eigenvalue weighted by Crippen LogP contribution is -2.47. The van der Waals surface area contributed by atoms with Crippen LogP contribution in [-0.4, -0.2) is 62.0 Å². The van der Waals surface area contributed by atoms with Gasteiger partial charge in [0.1, 0.15) is 11.4 Å². The Morgan fingerprint density at radius 1 is 0.926 bits per heavy atom. The summed E-state index contributed by atoms with van der Waals surface area (Å²) in [6.07, 6.45) is 0. The molecule has 7 heteroatoms. The van der Waals surface area contributed by atoms with E-state index in [-0.39, 0.29) is 11.8 Å². The second-order valence-electron chi connectivity index (χ2n) is 6.52. The average Bonchev–Trinajstić information content (AvgIpc) is 3.31.